The Kier molecular flexibility index (Phi) is 3.62. The lowest BCUT2D eigenvalue weighted by molar-refractivity contribution is 0.0332. The lowest BCUT2D eigenvalue weighted by Crippen LogP contribution is -2.39. The molecule has 2 atom stereocenters. The summed E-state index contributed by atoms with van der Waals surface area (Å²) in [7, 11) is 0. The van der Waals surface area contributed by atoms with Crippen LogP contribution in [0.3, 0.4) is 0 Å². The minimum Gasteiger partial charge on any atom is -0.385 e. The fourth-order valence-electron chi connectivity index (χ4n) is 2.49. The van der Waals surface area contributed by atoms with Gasteiger partial charge in [0.05, 0.1) is 5.60 Å². The Hall–Kier alpha value is -0.860. The molecule has 0 saturated carbocycles. The molecule has 1 aromatic carbocycles. The first-order valence-corrected chi connectivity index (χ1v) is 6.20. The normalized spacial score (nSPS) is 25.0. The lowest BCUT2D eigenvalue weighted by Gasteiger charge is -2.31. The number of benzene rings is 1. The maximum absolute atomic E-state index is 10.5. The van der Waals surface area contributed by atoms with Gasteiger partial charge in [0.15, 0.2) is 0 Å². The van der Waals surface area contributed by atoms with Crippen molar-refractivity contribution in [1.82, 2.24) is 5.32 Å². The van der Waals surface area contributed by atoms with Crippen LogP contribution in [0.2, 0.25) is 0 Å². The van der Waals surface area contributed by atoms with Crippen molar-refractivity contribution in [3.05, 3.63) is 35.9 Å². The molecule has 0 spiro atoms. The second kappa shape index (κ2) is 4.98. The van der Waals surface area contributed by atoms with Crippen molar-refractivity contribution in [2.24, 2.45) is 0 Å². The van der Waals surface area contributed by atoms with Crippen LogP contribution < -0.4 is 5.32 Å². The largest absolute Gasteiger partial charge is 0.385 e. The van der Waals surface area contributed by atoms with E-state index in [0.29, 0.717) is 6.04 Å². The van der Waals surface area contributed by atoms with Gasteiger partial charge in [0, 0.05) is 6.04 Å². The van der Waals surface area contributed by atoms with Gasteiger partial charge in [-0.15, -0.1) is 0 Å². The number of nitrogens with one attached hydrogen (secondary N) is 1. The smallest absolute Gasteiger partial charge is 0.0883 e. The second-order valence-electron chi connectivity index (χ2n) is 4.99. The van der Waals surface area contributed by atoms with Crippen LogP contribution in [0.25, 0.3) is 0 Å². The van der Waals surface area contributed by atoms with Gasteiger partial charge in [-0.05, 0) is 38.3 Å². The zero-order valence-corrected chi connectivity index (χ0v) is 9.95. The Morgan fingerprint density at radius 2 is 2.06 bits per heavy atom. The van der Waals surface area contributed by atoms with E-state index < -0.39 is 5.60 Å². The molecule has 0 radical (unpaired) electrons. The van der Waals surface area contributed by atoms with Gasteiger partial charge >= 0.3 is 0 Å². The average Bonchev–Trinajstić information content (AvgIpc) is 2.31. The molecule has 1 aliphatic rings. The first-order chi connectivity index (χ1) is 7.68. The highest BCUT2D eigenvalue weighted by Gasteiger charge is 2.27. The summed E-state index contributed by atoms with van der Waals surface area (Å²) < 4.78 is 0. The molecule has 2 unspecified atom stereocenters. The van der Waals surface area contributed by atoms with Crippen molar-refractivity contribution in [2.75, 3.05) is 6.54 Å². The van der Waals surface area contributed by atoms with E-state index in [0.717, 1.165) is 18.5 Å². The molecule has 0 amide bonds. The van der Waals surface area contributed by atoms with Crippen LogP contribution in [0.15, 0.2) is 30.3 Å². The van der Waals surface area contributed by atoms with E-state index in [1.807, 2.05) is 37.3 Å². The van der Waals surface area contributed by atoms with E-state index in [1.54, 1.807) is 0 Å². The third kappa shape index (κ3) is 2.83. The van der Waals surface area contributed by atoms with Gasteiger partial charge < -0.3 is 10.4 Å². The van der Waals surface area contributed by atoms with Crippen LogP contribution >= 0.6 is 0 Å². The van der Waals surface area contributed by atoms with E-state index in [-0.39, 0.29) is 0 Å². The zero-order chi connectivity index (χ0) is 11.4. The van der Waals surface area contributed by atoms with Gasteiger partial charge in [-0.25, -0.2) is 0 Å². The predicted octanol–water partition coefficient (Wildman–Crippen LogP) is 2.43. The topological polar surface area (TPSA) is 32.3 Å². The van der Waals surface area contributed by atoms with Gasteiger partial charge in [-0.1, -0.05) is 36.8 Å². The monoisotopic (exact) mass is 219 g/mol. The van der Waals surface area contributed by atoms with Crippen molar-refractivity contribution >= 4 is 0 Å². The lowest BCUT2D eigenvalue weighted by atomic mass is 9.86. The minimum absolute atomic E-state index is 0.462. The third-order valence-electron chi connectivity index (χ3n) is 3.45. The Bertz CT molecular complexity index is 315. The Labute approximate surface area is 97.7 Å². The van der Waals surface area contributed by atoms with E-state index >= 15 is 0 Å². The second-order valence-corrected chi connectivity index (χ2v) is 4.99. The van der Waals surface area contributed by atoms with Gasteiger partial charge in [0.1, 0.15) is 0 Å². The summed E-state index contributed by atoms with van der Waals surface area (Å²) >= 11 is 0. The molecule has 2 nitrogen and oxygen atoms in total. The highest BCUT2D eigenvalue weighted by atomic mass is 16.3. The van der Waals surface area contributed by atoms with Crippen molar-refractivity contribution in [2.45, 2.75) is 44.2 Å². The van der Waals surface area contributed by atoms with E-state index in [4.69, 9.17) is 0 Å². The SMILES string of the molecule is CC(O)(CC1CCCCN1)c1ccccc1. The number of hydrogen-bond donors (Lipinski definition) is 2. The molecule has 1 aromatic rings. The van der Waals surface area contributed by atoms with E-state index in [9.17, 15) is 5.11 Å². The molecule has 1 heterocycles. The third-order valence-corrected chi connectivity index (χ3v) is 3.45. The summed E-state index contributed by atoms with van der Waals surface area (Å²) in [5.74, 6) is 0. The molecule has 2 N–H and O–H groups in total. The van der Waals surface area contributed by atoms with Crippen molar-refractivity contribution in [3.8, 4) is 0 Å². The molecule has 0 aliphatic carbocycles. The number of rotatable bonds is 3. The van der Waals surface area contributed by atoms with Crippen LogP contribution in [-0.2, 0) is 5.60 Å². The molecular formula is C14H21NO. The molecule has 1 fully saturated rings. The maximum Gasteiger partial charge on any atom is 0.0883 e. The number of piperidine rings is 1. The number of aliphatic hydroxyl groups is 1. The van der Waals surface area contributed by atoms with Gasteiger partial charge in [0.25, 0.3) is 0 Å². The summed E-state index contributed by atoms with van der Waals surface area (Å²) in [4.78, 5) is 0. The Balaban J connectivity index is 2.01. The molecule has 0 aromatic heterocycles. The molecule has 2 heteroatoms. The highest BCUT2D eigenvalue weighted by Crippen LogP contribution is 2.27. The van der Waals surface area contributed by atoms with E-state index in [2.05, 4.69) is 5.32 Å². The maximum atomic E-state index is 10.5. The summed E-state index contributed by atoms with van der Waals surface area (Å²) in [6.07, 6.45) is 4.53. The average molecular weight is 219 g/mol. The summed E-state index contributed by atoms with van der Waals surface area (Å²) in [6, 6.07) is 10.4. The molecular weight excluding hydrogens is 198 g/mol. The van der Waals surface area contributed by atoms with Crippen LogP contribution in [0.1, 0.15) is 38.2 Å². The van der Waals surface area contributed by atoms with Gasteiger partial charge in [0.2, 0.25) is 0 Å². The van der Waals surface area contributed by atoms with Crippen LogP contribution in [0, 0.1) is 0 Å². The summed E-state index contributed by atoms with van der Waals surface area (Å²) in [5.41, 5.74) is 0.304. The van der Waals surface area contributed by atoms with Crippen molar-refractivity contribution in [3.63, 3.8) is 0 Å². The zero-order valence-electron chi connectivity index (χ0n) is 9.95. The summed E-state index contributed by atoms with van der Waals surface area (Å²) in [6.45, 7) is 3.01. The van der Waals surface area contributed by atoms with Crippen molar-refractivity contribution in [1.29, 1.82) is 0 Å². The molecule has 88 valence electrons. The quantitative estimate of drug-likeness (QED) is 0.818. The standard InChI is InChI=1S/C14H21NO/c1-14(16,12-7-3-2-4-8-12)11-13-9-5-6-10-15-13/h2-4,7-8,13,15-16H,5-6,9-11H2,1H3. The Morgan fingerprint density at radius 1 is 1.31 bits per heavy atom. The minimum atomic E-state index is -0.712. The van der Waals surface area contributed by atoms with Crippen LogP contribution in [0.4, 0.5) is 0 Å². The highest BCUT2D eigenvalue weighted by molar-refractivity contribution is 5.21. The first-order valence-electron chi connectivity index (χ1n) is 6.20. The van der Waals surface area contributed by atoms with Crippen LogP contribution in [0.5, 0.6) is 0 Å². The van der Waals surface area contributed by atoms with Gasteiger partial charge in [-0.3, -0.25) is 0 Å². The fraction of sp³-hybridized carbons (Fsp3) is 0.571. The fourth-order valence-corrected chi connectivity index (χ4v) is 2.49. The van der Waals surface area contributed by atoms with Crippen molar-refractivity contribution < 1.29 is 5.11 Å². The molecule has 1 aliphatic heterocycles. The predicted molar refractivity (Wildman–Crippen MR) is 66.3 cm³/mol. The van der Waals surface area contributed by atoms with Crippen LogP contribution in [-0.4, -0.2) is 17.7 Å². The summed E-state index contributed by atoms with van der Waals surface area (Å²) in [5, 5.41) is 14.0. The molecule has 0 bridgehead atoms. The van der Waals surface area contributed by atoms with Gasteiger partial charge in [-0.2, -0.15) is 0 Å². The number of hydrogen-bond acceptors (Lipinski definition) is 2. The van der Waals surface area contributed by atoms with E-state index in [1.165, 1.54) is 19.3 Å². The Morgan fingerprint density at radius 3 is 2.69 bits per heavy atom. The first kappa shape index (κ1) is 11.6. The molecule has 1 saturated heterocycles. The molecule has 2 rings (SSSR count). The molecule has 16 heavy (non-hydrogen) atoms.